The summed E-state index contributed by atoms with van der Waals surface area (Å²) in [5.74, 6) is 1.06. The Morgan fingerprint density at radius 1 is 1.08 bits per heavy atom. The molecule has 0 fully saturated rings. The first-order valence-electron chi connectivity index (χ1n) is 8.00. The summed E-state index contributed by atoms with van der Waals surface area (Å²) in [4.78, 5) is 13.7. The number of nitrogens with zero attached hydrogens (tertiary/aromatic N) is 3. The number of aromatic nitrogens is 2. The number of hydrogen-bond donors (Lipinski definition) is 2. The van der Waals surface area contributed by atoms with E-state index in [9.17, 15) is 0 Å². The third-order valence-corrected chi connectivity index (χ3v) is 5.05. The zero-order valence-corrected chi connectivity index (χ0v) is 16.4. The minimum Gasteiger partial charge on any atom is -0.357 e. The van der Waals surface area contributed by atoms with Crippen LogP contribution in [0.5, 0.6) is 0 Å². The quantitative estimate of drug-likeness (QED) is 0.646. The van der Waals surface area contributed by atoms with E-state index in [1.807, 2.05) is 6.07 Å². The van der Waals surface area contributed by atoms with Gasteiger partial charge in [-0.25, -0.2) is 9.97 Å². The van der Waals surface area contributed by atoms with E-state index < -0.39 is 10.4 Å². The fourth-order valence-electron chi connectivity index (χ4n) is 2.68. The van der Waals surface area contributed by atoms with Crippen molar-refractivity contribution in [3.63, 3.8) is 0 Å². The summed E-state index contributed by atoms with van der Waals surface area (Å²) in [6.07, 6.45) is 1.68. The Bertz CT molecular complexity index is 960. The normalized spacial score (nSPS) is 11.1. The van der Waals surface area contributed by atoms with Crippen LogP contribution in [-0.4, -0.2) is 40.6 Å². The molecule has 2 N–H and O–H groups in total. The van der Waals surface area contributed by atoms with Crippen molar-refractivity contribution in [1.29, 1.82) is 0 Å². The lowest BCUT2D eigenvalue weighted by atomic mass is 10.1. The maximum absolute atomic E-state index is 8.74. The number of benzene rings is 1. The van der Waals surface area contributed by atoms with Crippen LogP contribution in [0.2, 0.25) is 0 Å². The number of hydrogen-bond acceptors (Lipinski definition) is 6. The molecule has 0 aliphatic rings. The predicted molar refractivity (Wildman–Crippen MR) is 105 cm³/mol. The molecule has 0 aliphatic heterocycles. The topological polar surface area (TPSA) is 104 Å². The zero-order valence-electron chi connectivity index (χ0n) is 14.7. The molecule has 140 valence electrons. The van der Waals surface area contributed by atoms with Gasteiger partial charge in [-0.15, -0.1) is 11.3 Å². The van der Waals surface area contributed by atoms with Crippen molar-refractivity contribution in [3.05, 3.63) is 42.2 Å². The Labute approximate surface area is 156 Å². The van der Waals surface area contributed by atoms with Crippen molar-refractivity contribution >= 4 is 37.8 Å². The third-order valence-electron chi connectivity index (χ3n) is 3.81. The molecule has 0 saturated heterocycles. The van der Waals surface area contributed by atoms with Gasteiger partial charge in [0.25, 0.3) is 0 Å². The van der Waals surface area contributed by atoms with Crippen LogP contribution in [0.1, 0.15) is 19.4 Å². The monoisotopic (exact) mass is 395 g/mol. The van der Waals surface area contributed by atoms with Gasteiger partial charge in [0.1, 0.15) is 17.0 Å². The van der Waals surface area contributed by atoms with E-state index in [1.165, 1.54) is 21.4 Å². The highest BCUT2D eigenvalue weighted by Gasteiger charge is 2.17. The van der Waals surface area contributed by atoms with Crippen molar-refractivity contribution < 1.29 is 17.5 Å². The van der Waals surface area contributed by atoms with Crippen LogP contribution in [-0.2, 0) is 10.4 Å². The van der Waals surface area contributed by atoms with E-state index in [0.717, 1.165) is 23.7 Å². The van der Waals surface area contributed by atoms with Crippen LogP contribution in [0.3, 0.4) is 0 Å². The summed E-state index contributed by atoms with van der Waals surface area (Å²) in [5, 5.41) is 1.20. The van der Waals surface area contributed by atoms with Gasteiger partial charge < -0.3 is 4.90 Å². The van der Waals surface area contributed by atoms with E-state index in [2.05, 4.69) is 59.9 Å². The molecular formula is C17H21N3O4S2. The zero-order chi connectivity index (χ0) is 19.3. The minimum atomic E-state index is -4.67. The van der Waals surface area contributed by atoms with Gasteiger partial charge in [-0.2, -0.15) is 8.42 Å². The Kier molecular flexibility index (Phi) is 6.65. The second-order valence-electron chi connectivity index (χ2n) is 5.42. The second-order valence-corrected chi connectivity index (χ2v) is 7.31. The SMILES string of the molecule is CCN(CC)c1ncnc2sc(-c3ccccc3)c(C)c12.O=S(=O)(O)O. The summed E-state index contributed by atoms with van der Waals surface area (Å²) >= 11 is 1.75. The molecule has 1 aromatic carbocycles. The Balaban J connectivity index is 0.000000431. The Morgan fingerprint density at radius 2 is 1.65 bits per heavy atom. The molecule has 0 atom stereocenters. The first-order valence-corrected chi connectivity index (χ1v) is 10.2. The average molecular weight is 396 g/mol. The van der Waals surface area contributed by atoms with Crippen LogP contribution in [0.4, 0.5) is 5.82 Å². The molecule has 2 aromatic heterocycles. The highest BCUT2D eigenvalue weighted by atomic mass is 32.3. The molecule has 26 heavy (non-hydrogen) atoms. The summed E-state index contributed by atoms with van der Waals surface area (Å²) in [6.45, 7) is 8.42. The lowest BCUT2D eigenvalue weighted by Gasteiger charge is -2.20. The highest BCUT2D eigenvalue weighted by molar-refractivity contribution is 7.79. The molecule has 0 spiro atoms. The first-order chi connectivity index (χ1) is 12.3. The smallest absolute Gasteiger partial charge is 0.357 e. The lowest BCUT2D eigenvalue weighted by Crippen LogP contribution is -2.23. The van der Waals surface area contributed by atoms with Crippen LogP contribution in [0, 0.1) is 6.92 Å². The number of anilines is 1. The fraction of sp³-hybridized carbons (Fsp3) is 0.294. The summed E-state index contributed by atoms with van der Waals surface area (Å²) in [7, 11) is -4.67. The molecule has 0 bridgehead atoms. The largest absolute Gasteiger partial charge is 0.394 e. The van der Waals surface area contributed by atoms with Gasteiger partial charge >= 0.3 is 10.4 Å². The van der Waals surface area contributed by atoms with Crippen molar-refractivity contribution in [2.75, 3.05) is 18.0 Å². The minimum absolute atomic E-state index is 0.957. The van der Waals surface area contributed by atoms with Gasteiger partial charge in [-0.05, 0) is 31.9 Å². The standard InChI is InChI=1S/C17H19N3S.H2O4S/c1-4-20(5-2)16-14-12(3)15(13-9-7-6-8-10-13)21-17(14)19-11-18-16;1-5(2,3)4/h6-11H,4-5H2,1-3H3;(H2,1,2,3,4). The Hall–Kier alpha value is -2.07. The summed E-state index contributed by atoms with van der Waals surface area (Å²) in [6, 6.07) is 10.5. The van der Waals surface area contributed by atoms with Gasteiger partial charge in [-0.1, -0.05) is 30.3 Å². The average Bonchev–Trinajstić information content (AvgIpc) is 2.93. The number of aryl methyl sites for hydroxylation is 1. The molecule has 2 heterocycles. The van der Waals surface area contributed by atoms with Crippen LogP contribution >= 0.6 is 11.3 Å². The molecule has 0 radical (unpaired) electrons. The fourth-order valence-corrected chi connectivity index (χ4v) is 3.83. The van der Waals surface area contributed by atoms with E-state index in [4.69, 9.17) is 17.5 Å². The summed E-state index contributed by atoms with van der Waals surface area (Å²) < 4.78 is 31.6. The van der Waals surface area contributed by atoms with Gasteiger partial charge in [0, 0.05) is 18.0 Å². The molecule has 3 aromatic rings. The number of thiophene rings is 1. The van der Waals surface area contributed by atoms with Gasteiger partial charge in [0.05, 0.1) is 5.39 Å². The Morgan fingerprint density at radius 3 is 2.19 bits per heavy atom. The number of rotatable bonds is 4. The maximum atomic E-state index is 8.74. The maximum Gasteiger partial charge on any atom is 0.394 e. The second kappa shape index (κ2) is 8.54. The van der Waals surface area contributed by atoms with Crippen molar-refractivity contribution in [2.45, 2.75) is 20.8 Å². The van der Waals surface area contributed by atoms with E-state index in [0.29, 0.717) is 0 Å². The van der Waals surface area contributed by atoms with E-state index in [1.54, 1.807) is 17.7 Å². The molecule has 0 aliphatic carbocycles. The van der Waals surface area contributed by atoms with Crippen LogP contribution < -0.4 is 4.90 Å². The van der Waals surface area contributed by atoms with Crippen molar-refractivity contribution in [2.24, 2.45) is 0 Å². The van der Waals surface area contributed by atoms with Crippen molar-refractivity contribution in [3.8, 4) is 10.4 Å². The van der Waals surface area contributed by atoms with E-state index in [-0.39, 0.29) is 0 Å². The molecule has 7 nitrogen and oxygen atoms in total. The first kappa shape index (κ1) is 20.2. The van der Waals surface area contributed by atoms with Crippen LogP contribution in [0.25, 0.3) is 20.7 Å². The molecule has 9 heteroatoms. The molecule has 3 rings (SSSR count). The third kappa shape index (κ3) is 4.98. The molecule has 0 amide bonds. The predicted octanol–water partition coefficient (Wildman–Crippen LogP) is 3.86. The molecule has 0 unspecified atom stereocenters. The van der Waals surface area contributed by atoms with Crippen molar-refractivity contribution in [1.82, 2.24) is 9.97 Å². The highest BCUT2D eigenvalue weighted by Crippen LogP contribution is 2.40. The number of fused-ring (bicyclic) bond motifs is 1. The van der Waals surface area contributed by atoms with Gasteiger partial charge in [-0.3, -0.25) is 9.11 Å². The van der Waals surface area contributed by atoms with Gasteiger partial charge in [0.15, 0.2) is 0 Å². The lowest BCUT2D eigenvalue weighted by molar-refractivity contribution is 0.381. The van der Waals surface area contributed by atoms with E-state index >= 15 is 0 Å². The molecular weight excluding hydrogens is 374 g/mol. The van der Waals surface area contributed by atoms with Crippen LogP contribution in [0.15, 0.2) is 36.7 Å². The molecule has 0 saturated carbocycles. The van der Waals surface area contributed by atoms with Gasteiger partial charge in [0.2, 0.25) is 0 Å². The summed E-state index contributed by atoms with van der Waals surface area (Å²) in [5.41, 5.74) is 2.53.